The molecule has 1 amide bonds. The lowest BCUT2D eigenvalue weighted by Crippen LogP contribution is -2.30. The molecule has 0 unspecified atom stereocenters. The van der Waals surface area contributed by atoms with Gasteiger partial charge in [0.2, 0.25) is 0 Å². The molecular formula is C18H23N3O3. The first kappa shape index (κ1) is 16.6. The Morgan fingerprint density at radius 1 is 1.29 bits per heavy atom. The normalized spacial score (nSPS) is 14.8. The monoisotopic (exact) mass is 329 g/mol. The van der Waals surface area contributed by atoms with E-state index in [1.54, 1.807) is 29.8 Å². The van der Waals surface area contributed by atoms with E-state index in [9.17, 15) is 9.59 Å². The highest BCUT2D eigenvalue weighted by Gasteiger charge is 2.16. The number of aryl methyl sites for hydroxylation is 1. The van der Waals surface area contributed by atoms with E-state index in [1.165, 1.54) is 11.3 Å². The van der Waals surface area contributed by atoms with Gasteiger partial charge in [-0.25, -0.2) is 4.98 Å². The summed E-state index contributed by atoms with van der Waals surface area (Å²) in [6.07, 6.45) is 5.15. The molecule has 6 nitrogen and oxygen atoms in total. The van der Waals surface area contributed by atoms with Gasteiger partial charge in [-0.1, -0.05) is 12.8 Å². The lowest BCUT2D eigenvalue weighted by Gasteiger charge is -2.18. The Balaban J connectivity index is 2.05. The molecule has 0 radical (unpaired) electrons. The fourth-order valence-electron chi connectivity index (χ4n) is 3.20. The first-order chi connectivity index (χ1) is 11.6. The predicted molar refractivity (Wildman–Crippen MR) is 92.2 cm³/mol. The van der Waals surface area contributed by atoms with Gasteiger partial charge in [0.25, 0.3) is 11.5 Å². The first-order valence-electron chi connectivity index (χ1n) is 8.51. The molecule has 0 atom stereocenters. The molecule has 6 heteroatoms. The summed E-state index contributed by atoms with van der Waals surface area (Å²) in [6.45, 7) is 0.914. The molecule has 0 aliphatic carbocycles. The van der Waals surface area contributed by atoms with Crippen LogP contribution in [0.1, 0.15) is 41.9 Å². The predicted octanol–water partition coefficient (Wildman–Crippen LogP) is 1.58. The molecule has 0 saturated heterocycles. The summed E-state index contributed by atoms with van der Waals surface area (Å²) in [5.74, 6) is 0.639. The Bertz CT molecular complexity index is 813. The fraction of sp³-hybridized carbons (Fsp3) is 0.500. The zero-order valence-electron chi connectivity index (χ0n) is 14.0. The molecule has 0 spiro atoms. The number of rotatable bonds is 3. The minimum Gasteiger partial charge on any atom is -0.395 e. The van der Waals surface area contributed by atoms with Crippen molar-refractivity contribution >= 4 is 16.8 Å². The van der Waals surface area contributed by atoms with Gasteiger partial charge >= 0.3 is 0 Å². The number of nitrogens with zero attached hydrogens (tertiary/aromatic N) is 3. The molecule has 3 rings (SSSR count). The Labute approximate surface area is 140 Å². The average Bonchev–Trinajstić information content (AvgIpc) is 2.56. The van der Waals surface area contributed by atoms with Gasteiger partial charge in [0.15, 0.2) is 0 Å². The van der Waals surface area contributed by atoms with Crippen molar-refractivity contribution in [3.05, 3.63) is 39.9 Å². The highest BCUT2D eigenvalue weighted by atomic mass is 16.3. The molecule has 1 aliphatic rings. The maximum atomic E-state index is 12.8. The quantitative estimate of drug-likeness (QED) is 0.927. The molecule has 1 aromatic carbocycles. The van der Waals surface area contributed by atoms with Crippen molar-refractivity contribution in [3.8, 4) is 0 Å². The number of aliphatic hydroxyl groups excluding tert-OH is 1. The van der Waals surface area contributed by atoms with Crippen LogP contribution in [0, 0.1) is 0 Å². The van der Waals surface area contributed by atoms with E-state index in [4.69, 9.17) is 5.11 Å². The maximum absolute atomic E-state index is 12.8. The highest BCUT2D eigenvalue weighted by molar-refractivity contribution is 5.97. The van der Waals surface area contributed by atoms with Crippen LogP contribution in [0.4, 0.5) is 0 Å². The van der Waals surface area contributed by atoms with Crippen LogP contribution >= 0.6 is 0 Å². The van der Waals surface area contributed by atoms with E-state index in [2.05, 4.69) is 4.98 Å². The third-order valence-electron chi connectivity index (χ3n) is 4.60. The van der Waals surface area contributed by atoms with E-state index in [-0.39, 0.29) is 24.6 Å². The molecule has 0 saturated carbocycles. The van der Waals surface area contributed by atoms with Crippen molar-refractivity contribution in [2.75, 3.05) is 20.2 Å². The van der Waals surface area contributed by atoms with Crippen LogP contribution < -0.4 is 5.56 Å². The van der Waals surface area contributed by atoms with Gasteiger partial charge in [-0.15, -0.1) is 0 Å². The molecule has 0 bridgehead atoms. The van der Waals surface area contributed by atoms with Crippen molar-refractivity contribution < 1.29 is 9.90 Å². The number of benzene rings is 1. The third kappa shape index (κ3) is 3.19. The Morgan fingerprint density at radius 3 is 2.88 bits per heavy atom. The van der Waals surface area contributed by atoms with Crippen LogP contribution in [-0.4, -0.2) is 45.7 Å². The zero-order chi connectivity index (χ0) is 17.1. The Hall–Kier alpha value is -2.21. The molecule has 128 valence electrons. The summed E-state index contributed by atoms with van der Waals surface area (Å²) < 4.78 is 1.79. The molecule has 0 fully saturated rings. The van der Waals surface area contributed by atoms with Crippen LogP contribution in [0.25, 0.3) is 10.9 Å². The second kappa shape index (κ2) is 7.13. The molecular weight excluding hydrogens is 306 g/mol. The van der Waals surface area contributed by atoms with E-state index in [0.717, 1.165) is 38.1 Å². The SMILES string of the molecule is CN(CCO)C(=O)c1ccc2c(=O)n3c(nc2c1)CCCCCC3. The second-order valence-corrected chi connectivity index (χ2v) is 6.33. The van der Waals surface area contributed by atoms with Crippen LogP contribution in [-0.2, 0) is 13.0 Å². The van der Waals surface area contributed by atoms with Crippen LogP contribution in [0.5, 0.6) is 0 Å². The summed E-state index contributed by atoms with van der Waals surface area (Å²) in [5.41, 5.74) is 1.05. The number of carbonyl (C=O) groups excluding carboxylic acids is 1. The van der Waals surface area contributed by atoms with Gasteiger partial charge in [0.05, 0.1) is 17.5 Å². The minimum atomic E-state index is -0.181. The second-order valence-electron chi connectivity index (χ2n) is 6.33. The summed E-state index contributed by atoms with van der Waals surface area (Å²) in [5, 5.41) is 9.53. The van der Waals surface area contributed by atoms with E-state index < -0.39 is 0 Å². The summed E-state index contributed by atoms with van der Waals surface area (Å²) in [7, 11) is 1.64. The van der Waals surface area contributed by atoms with Crippen molar-refractivity contribution in [3.63, 3.8) is 0 Å². The number of carbonyl (C=O) groups is 1. The number of likely N-dealkylation sites (N-methyl/N-ethyl adjacent to an activating group) is 1. The van der Waals surface area contributed by atoms with Crippen molar-refractivity contribution in [1.82, 2.24) is 14.5 Å². The van der Waals surface area contributed by atoms with Gasteiger partial charge in [-0.3, -0.25) is 14.2 Å². The topological polar surface area (TPSA) is 75.4 Å². The van der Waals surface area contributed by atoms with E-state index in [0.29, 0.717) is 16.5 Å². The number of hydrogen-bond acceptors (Lipinski definition) is 4. The summed E-state index contributed by atoms with van der Waals surface area (Å²) >= 11 is 0. The van der Waals surface area contributed by atoms with Gasteiger partial charge in [-0.2, -0.15) is 0 Å². The van der Waals surface area contributed by atoms with Gasteiger partial charge < -0.3 is 10.0 Å². The van der Waals surface area contributed by atoms with E-state index in [1.807, 2.05) is 0 Å². The maximum Gasteiger partial charge on any atom is 0.261 e. The average molecular weight is 329 g/mol. The molecule has 1 aromatic heterocycles. The number of fused-ring (bicyclic) bond motifs is 2. The summed E-state index contributed by atoms with van der Waals surface area (Å²) in [4.78, 5) is 31.2. The first-order valence-corrected chi connectivity index (χ1v) is 8.51. The molecule has 2 heterocycles. The van der Waals surface area contributed by atoms with Gasteiger partial charge in [0.1, 0.15) is 5.82 Å². The minimum absolute atomic E-state index is 0.0142. The third-order valence-corrected chi connectivity index (χ3v) is 4.60. The molecule has 1 N–H and O–H groups in total. The lowest BCUT2D eigenvalue weighted by molar-refractivity contribution is 0.0767. The molecule has 24 heavy (non-hydrogen) atoms. The number of hydrogen-bond donors (Lipinski definition) is 1. The largest absolute Gasteiger partial charge is 0.395 e. The van der Waals surface area contributed by atoms with Crippen molar-refractivity contribution in [2.24, 2.45) is 0 Å². The highest BCUT2D eigenvalue weighted by Crippen LogP contribution is 2.17. The smallest absolute Gasteiger partial charge is 0.261 e. The fourth-order valence-corrected chi connectivity index (χ4v) is 3.20. The van der Waals surface area contributed by atoms with Crippen molar-refractivity contribution in [1.29, 1.82) is 0 Å². The number of aromatic nitrogens is 2. The van der Waals surface area contributed by atoms with Gasteiger partial charge in [-0.05, 0) is 31.0 Å². The molecule has 1 aliphatic heterocycles. The summed E-state index contributed by atoms with van der Waals surface area (Å²) in [6, 6.07) is 5.04. The number of amides is 1. The zero-order valence-corrected chi connectivity index (χ0v) is 14.0. The number of aliphatic hydroxyl groups is 1. The van der Waals surface area contributed by atoms with Crippen LogP contribution in [0.2, 0.25) is 0 Å². The van der Waals surface area contributed by atoms with Crippen LogP contribution in [0.3, 0.4) is 0 Å². The standard InChI is InChI=1S/C18H23N3O3/c1-20(10-11-22)17(23)13-7-8-14-15(12-13)19-16-6-4-2-3-5-9-21(16)18(14)24/h7-8,12,22H,2-6,9-11H2,1H3. The lowest BCUT2D eigenvalue weighted by atomic mass is 10.1. The molecule has 2 aromatic rings. The van der Waals surface area contributed by atoms with E-state index >= 15 is 0 Å². The van der Waals surface area contributed by atoms with Crippen LogP contribution in [0.15, 0.2) is 23.0 Å². The Morgan fingerprint density at radius 2 is 2.08 bits per heavy atom. The Kier molecular flexibility index (Phi) is 4.94. The van der Waals surface area contributed by atoms with Gasteiger partial charge in [0, 0.05) is 32.1 Å². The van der Waals surface area contributed by atoms with Crippen molar-refractivity contribution in [2.45, 2.75) is 38.6 Å².